The highest BCUT2D eigenvalue weighted by Gasteiger charge is 2.20. The fourth-order valence-electron chi connectivity index (χ4n) is 2.13. The topological polar surface area (TPSA) is 85.6 Å². The maximum absolute atomic E-state index is 13.1. The molecule has 0 saturated carbocycles. The van der Waals surface area contributed by atoms with Crippen LogP contribution in [0, 0.1) is 5.82 Å². The van der Waals surface area contributed by atoms with Crippen molar-refractivity contribution >= 4 is 34.1 Å². The smallest absolute Gasteiger partial charge is 0.239 e. The number of thioether (sulfide) groups is 1. The number of carbonyl (C=O) groups excluding carboxylic acids is 1. The summed E-state index contributed by atoms with van der Waals surface area (Å²) in [7, 11) is 1.81. The molecule has 0 saturated heterocycles. The van der Waals surface area contributed by atoms with Crippen LogP contribution in [-0.2, 0) is 18.3 Å². The molecule has 1 aromatic carbocycles. The third kappa shape index (κ3) is 4.07. The summed E-state index contributed by atoms with van der Waals surface area (Å²) in [5.74, 6) is 0.121. The zero-order valence-corrected chi connectivity index (χ0v) is 16.1. The molecule has 0 aliphatic rings. The van der Waals surface area contributed by atoms with Crippen LogP contribution in [0.25, 0.3) is 11.4 Å². The van der Waals surface area contributed by atoms with E-state index in [0.29, 0.717) is 16.1 Å². The van der Waals surface area contributed by atoms with Gasteiger partial charge in [0.05, 0.1) is 5.25 Å². The number of hydrogen-bond acceptors (Lipinski definition) is 7. The number of nitrogens with one attached hydrogen (secondary N) is 1. The summed E-state index contributed by atoms with van der Waals surface area (Å²) in [5, 5.41) is 20.5. The second-order valence-electron chi connectivity index (χ2n) is 5.48. The standard InChI is InChI=1S/C16H17FN6OS2/c1-4-12-19-21-15(26-12)18-14(24)9(2)25-16-22-20-13(23(16)3)10-5-7-11(17)8-6-10/h5-9H,4H2,1-3H3,(H,18,21,24). The minimum atomic E-state index is -0.395. The molecule has 0 fully saturated rings. The Labute approximate surface area is 158 Å². The van der Waals surface area contributed by atoms with E-state index in [1.165, 1.54) is 35.2 Å². The maximum Gasteiger partial charge on any atom is 0.239 e. The summed E-state index contributed by atoms with van der Waals surface area (Å²) < 4.78 is 14.9. The van der Waals surface area contributed by atoms with Crippen LogP contribution in [0.5, 0.6) is 0 Å². The molecule has 0 aliphatic carbocycles. The number of rotatable bonds is 6. The Bertz CT molecular complexity index is 908. The number of carbonyl (C=O) groups is 1. The molecule has 0 spiro atoms. The van der Waals surface area contributed by atoms with E-state index in [2.05, 4.69) is 25.7 Å². The van der Waals surface area contributed by atoms with E-state index in [1.54, 1.807) is 23.6 Å². The van der Waals surface area contributed by atoms with Gasteiger partial charge in [0.2, 0.25) is 11.0 Å². The molecule has 2 aromatic heterocycles. The van der Waals surface area contributed by atoms with Gasteiger partial charge in [0, 0.05) is 12.6 Å². The summed E-state index contributed by atoms with van der Waals surface area (Å²) in [6, 6.07) is 6.04. The number of halogens is 1. The largest absolute Gasteiger partial charge is 0.305 e. The Kier molecular flexibility index (Phi) is 5.62. The van der Waals surface area contributed by atoms with Gasteiger partial charge in [-0.05, 0) is 37.6 Å². The van der Waals surface area contributed by atoms with E-state index >= 15 is 0 Å². The fourth-order valence-corrected chi connectivity index (χ4v) is 3.63. The van der Waals surface area contributed by atoms with Gasteiger partial charge >= 0.3 is 0 Å². The number of anilines is 1. The number of benzene rings is 1. The molecular weight excluding hydrogens is 375 g/mol. The van der Waals surface area contributed by atoms with Crippen LogP contribution >= 0.6 is 23.1 Å². The van der Waals surface area contributed by atoms with Crippen LogP contribution in [-0.4, -0.2) is 36.1 Å². The van der Waals surface area contributed by atoms with Gasteiger partial charge in [-0.15, -0.1) is 20.4 Å². The number of nitrogens with zero attached hydrogens (tertiary/aromatic N) is 5. The lowest BCUT2D eigenvalue weighted by Crippen LogP contribution is -2.22. The van der Waals surface area contributed by atoms with Crippen LogP contribution in [0.4, 0.5) is 9.52 Å². The second-order valence-corrected chi connectivity index (χ2v) is 7.85. The third-order valence-corrected chi connectivity index (χ3v) is 5.71. The lowest BCUT2D eigenvalue weighted by Gasteiger charge is -2.10. The molecule has 3 aromatic rings. The number of aryl methyl sites for hydroxylation is 1. The van der Waals surface area contributed by atoms with Crippen molar-refractivity contribution in [3.63, 3.8) is 0 Å². The molecule has 10 heteroatoms. The van der Waals surface area contributed by atoms with Crippen LogP contribution in [0.1, 0.15) is 18.9 Å². The van der Waals surface area contributed by atoms with Gasteiger partial charge in [-0.1, -0.05) is 30.0 Å². The molecule has 1 amide bonds. The molecule has 136 valence electrons. The quantitative estimate of drug-likeness (QED) is 0.649. The first kappa shape index (κ1) is 18.5. The van der Waals surface area contributed by atoms with E-state index < -0.39 is 5.25 Å². The first-order valence-corrected chi connectivity index (χ1v) is 9.62. The monoisotopic (exact) mass is 392 g/mol. The summed E-state index contributed by atoms with van der Waals surface area (Å²) in [4.78, 5) is 12.3. The van der Waals surface area contributed by atoms with Crippen molar-refractivity contribution in [2.75, 3.05) is 5.32 Å². The zero-order valence-electron chi connectivity index (χ0n) is 14.4. The Balaban J connectivity index is 1.68. The average Bonchev–Trinajstić information content (AvgIpc) is 3.23. The van der Waals surface area contributed by atoms with Gasteiger partial charge in [0.15, 0.2) is 11.0 Å². The van der Waals surface area contributed by atoms with Crippen LogP contribution < -0.4 is 5.32 Å². The molecule has 0 radical (unpaired) electrons. The molecule has 3 rings (SSSR count). The van der Waals surface area contributed by atoms with Gasteiger partial charge in [0.1, 0.15) is 10.8 Å². The molecule has 1 unspecified atom stereocenters. The molecule has 7 nitrogen and oxygen atoms in total. The predicted octanol–water partition coefficient (Wildman–Crippen LogP) is 3.15. The molecule has 0 bridgehead atoms. The molecule has 26 heavy (non-hydrogen) atoms. The van der Waals surface area contributed by atoms with E-state index in [1.807, 2.05) is 14.0 Å². The normalized spacial score (nSPS) is 12.2. The summed E-state index contributed by atoms with van der Waals surface area (Å²) >= 11 is 2.65. The van der Waals surface area contributed by atoms with Crippen molar-refractivity contribution in [2.45, 2.75) is 30.7 Å². The Hall–Kier alpha value is -2.33. The number of hydrogen-bond donors (Lipinski definition) is 1. The molecule has 0 aliphatic heterocycles. The van der Waals surface area contributed by atoms with Gasteiger partial charge in [-0.3, -0.25) is 10.1 Å². The SMILES string of the molecule is CCc1nnc(NC(=O)C(C)Sc2nnc(-c3ccc(F)cc3)n2C)s1. The highest BCUT2D eigenvalue weighted by atomic mass is 32.2. The molecule has 2 heterocycles. The van der Waals surface area contributed by atoms with Crippen molar-refractivity contribution in [3.8, 4) is 11.4 Å². The minimum absolute atomic E-state index is 0.180. The van der Waals surface area contributed by atoms with Crippen molar-refractivity contribution < 1.29 is 9.18 Å². The zero-order chi connectivity index (χ0) is 18.7. The highest BCUT2D eigenvalue weighted by Crippen LogP contribution is 2.26. The van der Waals surface area contributed by atoms with E-state index in [4.69, 9.17) is 0 Å². The van der Waals surface area contributed by atoms with Gasteiger partial charge in [-0.2, -0.15) is 0 Å². The minimum Gasteiger partial charge on any atom is -0.305 e. The van der Waals surface area contributed by atoms with Crippen LogP contribution in [0.2, 0.25) is 0 Å². The van der Waals surface area contributed by atoms with E-state index in [-0.39, 0.29) is 11.7 Å². The summed E-state index contributed by atoms with van der Waals surface area (Å²) in [6.45, 7) is 3.77. The molecule has 1 N–H and O–H groups in total. The van der Waals surface area contributed by atoms with Gasteiger partial charge < -0.3 is 4.57 Å². The molecule has 1 atom stereocenters. The van der Waals surface area contributed by atoms with Crippen molar-refractivity contribution in [3.05, 3.63) is 35.1 Å². The molecular formula is C16H17FN6OS2. The number of amides is 1. The maximum atomic E-state index is 13.1. The first-order valence-electron chi connectivity index (χ1n) is 7.93. The third-order valence-electron chi connectivity index (χ3n) is 3.59. The van der Waals surface area contributed by atoms with Crippen LogP contribution in [0.15, 0.2) is 29.4 Å². The van der Waals surface area contributed by atoms with E-state index in [0.717, 1.165) is 17.0 Å². The Morgan fingerprint density at radius 3 is 2.65 bits per heavy atom. The van der Waals surface area contributed by atoms with Gasteiger partial charge in [0.25, 0.3) is 0 Å². The van der Waals surface area contributed by atoms with Crippen molar-refractivity contribution in [1.82, 2.24) is 25.0 Å². The van der Waals surface area contributed by atoms with Crippen LogP contribution in [0.3, 0.4) is 0 Å². The predicted molar refractivity (Wildman–Crippen MR) is 99.6 cm³/mol. The fraction of sp³-hybridized carbons (Fsp3) is 0.312. The summed E-state index contributed by atoms with van der Waals surface area (Å²) in [5.41, 5.74) is 0.756. The Morgan fingerprint density at radius 2 is 2.00 bits per heavy atom. The Morgan fingerprint density at radius 1 is 1.27 bits per heavy atom. The first-order chi connectivity index (χ1) is 12.5. The van der Waals surface area contributed by atoms with Crippen molar-refractivity contribution in [1.29, 1.82) is 0 Å². The average molecular weight is 392 g/mol. The van der Waals surface area contributed by atoms with Gasteiger partial charge in [-0.25, -0.2) is 4.39 Å². The number of aromatic nitrogens is 5. The summed E-state index contributed by atoms with van der Waals surface area (Å²) in [6.07, 6.45) is 0.781. The lowest BCUT2D eigenvalue weighted by molar-refractivity contribution is -0.115. The van der Waals surface area contributed by atoms with E-state index in [9.17, 15) is 9.18 Å². The lowest BCUT2D eigenvalue weighted by atomic mass is 10.2. The highest BCUT2D eigenvalue weighted by molar-refractivity contribution is 8.00. The second kappa shape index (κ2) is 7.92. The van der Waals surface area contributed by atoms with Crippen molar-refractivity contribution in [2.24, 2.45) is 7.05 Å².